The van der Waals surface area contributed by atoms with Crippen LogP contribution in [0.15, 0.2) is 24.4 Å². The highest BCUT2D eigenvalue weighted by Gasteiger charge is 2.19. The lowest BCUT2D eigenvalue weighted by molar-refractivity contribution is 0.382. The largest absolute Gasteiger partial charge is 0.314 e. The first-order valence-corrected chi connectivity index (χ1v) is 7.83. The first-order chi connectivity index (χ1) is 8.38. The molecule has 0 unspecified atom stereocenters. The van der Waals surface area contributed by atoms with Crippen LogP contribution in [0, 0.1) is 0 Å². The van der Waals surface area contributed by atoms with Crippen LogP contribution in [-0.2, 0) is 6.42 Å². The predicted molar refractivity (Wildman–Crippen MR) is 75.5 cm³/mol. The average molecular weight is 250 g/mol. The molecule has 17 heavy (non-hydrogen) atoms. The second-order valence-electron chi connectivity index (χ2n) is 4.73. The van der Waals surface area contributed by atoms with Crippen molar-refractivity contribution >= 4 is 11.8 Å². The van der Waals surface area contributed by atoms with Crippen molar-refractivity contribution in [3.05, 3.63) is 30.1 Å². The van der Waals surface area contributed by atoms with E-state index in [2.05, 4.69) is 28.7 Å². The lowest BCUT2D eigenvalue weighted by Crippen LogP contribution is -2.35. The Balaban J connectivity index is 1.63. The van der Waals surface area contributed by atoms with Gasteiger partial charge in [-0.25, -0.2) is 0 Å². The maximum Gasteiger partial charge on any atom is 0.0416 e. The SMILES string of the molecule is CSC1CCC(NCCc2ccccn2)CC1. The molecule has 0 spiro atoms. The Morgan fingerprint density at radius 2 is 2.12 bits per heavy atom. The highest BCUT2D eigenvalue weighted by atomic mass is 32.2. The number of aromatic nitrogens is 1. The number of hydrogen-bond acceptors (Lipinski definition) is 3. The maximum absolute atomic E-state index is 4.34. The second kappa shape index (κ2) is 7.02. The number of thioether (sulfide) groups is 1. The van der Waals surface area contributed by atoms with Crippen LogP contribution in [0.1, 0.15) is 31.4 Å². The highest BCUT2D eigenvalue weighted by molar-refractivity contribution is 7.99. The van der Waals surface area contributed by atoms with Gasteiger partial charge in [0, 0.05) is 36.1 Å². The molecule has 1 aliphatic carbocycles. The number of pyridine rings is 1. The van der Waals surface area contributed by atoms with Gasteiger partial charge in [-0.2, -0.15) is 11.8 Å². The van der Waals surface area contributed by atoms with Gasteiger partial charge in [-0.15, -0.1) is 0 Å². The number of hydrogen-bond donors (Lipinski definition) is 1. The van der Waals surface area contributed by atoms with Crippen molar-refractivity contribution < 1.29 is 0 Å². The Morgan fingerprint density at radius 3 is 2.76 bits per heavy atom. The standard InChI is InChI=1S/C14H22N2S/c1-17-14-7-5-13(6-8-14)16-11-9-12-4-2-3-10-15-12/h2-4,10,13-14,16H,5-9,11H2,1H3. The Hall–Kier alpha value is -0.540. The van der Waals surface area contributed by atoms with E-state index in [-0.39, 0.29) is 0 Å². The summed E-state index contributed by atoms with van der Waals surface area (Å²) in [5.74, 6) is 0. The number of nitrogens with zero attached hydrogens (tertiary/aromatic N) is 1. The van der Waals surface area contributed by atoms with Gasteiger partial charge in [0.25, 0.3) is 0 Å². The Morgan fingerprint density at radius 1 is 1.29 bits per heavy atom. The first-order valence-electron chi connectivity index (χ1n) is 6.54. The van der Waals surface area contributed by atoms with E-state index in [1.165, 1.54) is 31.4 Å². The lowest BCUT2D eigenvalue weighted by Gasteiger charge is -2.28. The molecule has 2 rings (SSSR count). The van der Waals surface area contributed by atoms with Gasteiger partial charge >= 0.3 is 0 Å². The molecule has 0 aliphatic heterocycles. The Labute approximate surface area is 109 Å². The van der Waals surface area contributed by atoms with E-state index >= 15 is 0 Å². The third-order valence-corrected chi connectivity index (χ3v) is 4.69. The minimum atomic E-state index is 0.738. The second-order valence-corrected chi connectivity index (χ2v) is 5.87. The van der Waals surface area contributed by atoms with Crippen LogP contribution in [0.25, 0.3) is 0 Å². The summed E-state index contributed by atoms with van der Waals surface area (Å²) < 4.78 is 0. The van der Waals surface area contributed by atoms with Crippen LogP contribution in [0.2, 0.25) is 0 Å². The molecule has 3 heteroatoms. The molecule has 1 aliphatic rings. The molecule has 2 nitrogen and oxygen atoms in total. The van der Waals surface area contributed by atoms with E-state index in [1.54, 1.807) is 0 Å². The van der Waals surface area contributed by atoms with Crippen molar-refractivity contribution in [2.24, 2.45) is 0 Å². The third kappa shape index (κ3) is 4.32. The Kier molecular flexibility index (Phi) is 5.33. The summed E-state index contributed by atoms with van der Waals surface area (Å²) in [7, 11) is 0. The van der Waals surface area contributed by atoms with E-state index in [0.717, 1.165) is 24.3 Å². The molecule has 1 N–H and O–H groups in total. The summed E-state index contributed by atoms with van der Waals surface area (Å²) >= 11 is 2.03. The van der Waals surface area contributed by atoms with E-state index in [9.17, 15) is 0 Å². The molecule has 0 atom stereocenters. The van der Waals surface area contributed by atoms with Gasteiger partial charge in [0.15, 0.2) is 0 Å². The van der Waals surface area contributed by atoms with Crippen LogP contribution in [0.4, 0.5) is 0 Å². The summed E-state index contributed by atoms with van der Waals surface area (Å²) in [6.45, 7) is 1.06. The molecule has 1 aromatic rings. The van der Waals surface area contributed by atoms with E-state index in [4.69, 9.17) is 0 Å². The first kappa shape index (κ1) is 12.9. The van der Waals surface area contributed by atoms with Crippen LogP contribution in [0.3, 0.4) is 0 Å². The van der Waals surface area contributed by atoms with Gasteiger partial charge in [0.1, 0.15) is 0 Å². The molecule has 0 radical (unpaired) electrons. The van der Waals surface area contributed by atoms with Crippen LogP contribution < -0.4 is 5.32 Å². The molecule has 1 aromatic heterocycles. The van der Waals surface area contributed by atoms with Crippen LogP contribution >= 0.6 is 11.8 Å². The number of rotatable bonds is 5. The molecule has 94 valence electrons. The van der Waals surface area contributed by atoms with E-state index in [1.807, 2.05) is 24.0 Å². The molecule has 0 amide bonds. The summed E-state index contributed by atoms with van der Waals surface area (Å²) in [6.07, 6.45) is 10.6. The summed E-state index contributed by atoms with van der Waals surface area (Å²) in [6, 6.07) is 6.88. The normalized spacial score (nSPS) is 24.8. The van der Waals surface area contributed by atoms with Gasteiger partial charge in [0.05, 0.1) is 0 Å². The fraction of sp³-hybridized carbons (Fsp3) is 0.643. The van der Waals surface area contributed by atoms with Gasteiger partial charge in [-0.1, -0.05) is 6.07 Å². The lowest BCUT2D eigenvalue weighted by atomic mass is 9.95. The van der Waals surface area contributed by atoms with Crippen molar-refractivity contribution in [1.82, 2.24) is 10.3 Å². The van der Waals surface area contributed by atoms with Crippen molar-refractivity contribution in [2.45, 2.75) is 43.4 Å². The predicted octanol–water partition coefficient (Wildman–Crippen LogP) is 2.89. The molecule has 1 fully saturated rings. The molecule has 1 saturated carbocycles. The van der Waals surface area contributed by atoms with Crippen LogP contribution in [-0.4, -0.2) is 29.1 Å². The van der Waals surface area contributed by atoms with Crippen molar-refractivity contribution in [3.63, 3.8) is 0 Å². The minimum Gasteiger partial charge on any atom is -0.314 e. The topological polar surface area (TPSA) is 24.9 Å². The summed E-state index contributed by atoms with van der Waals surface area (Å²) in [5, 5.41) is 4.57. The zero-order chi connectivity index (χ0) is 11.9. The Bertz CT molecular complexity index is 307. The molecular weight excluding hydrogens is 228 g/mol. The van der Waals surface area contributed by atoms with E-state index < -0.39 is 0 Å². The monoisotopic (exact) mass is 250 g/mol. The van der Waals surface area contributed by atoms with Crippen molar-refractivity contribution in [2.75, 3.05) is 12.8 Å². The highest BCUT2D eigenvalue weighted by Crippen LogP contribution is 2.26. The third-order valence-electron chi connectivity index (χ3n) is 3.55. The smallest absolute Gasteiger partial charge is 0.0416 e. The van der Waals surface area contributed by atoms with Gasteiger partial charge in [0.2, 0.25) is 0 Å². The number of nitrogens with one attached hydrogen (secondary N) is 1. The molecule has 0 bridgehead atoms. The van der Waals surface area contributed by atoms with Crippen LogP contribution in [0.5, 0.6) is 0 Å². The molecule has 0 aromatic carbocycles. The summed E-state index contributed by atoms with van der Waals surface area (Å²) in [5.41, 5.74) is 1.19. The fourth-order valence-corrected chi connectivity index (χ4v) is 3.20. The zero-order valence-corrected chi connectivity index (χ0v) is 11.4. The molecule has 0 saturated heterocycles. The van der Waals surface area contributed by atoms with Gasteiger partial charge in [-0.05, 0) is 44.1 Å². The quantitative estimate of drug-likeness (QED) is 0.870. The fourth-order valence-electron chi connectivity index (χ4n) is 2.45. The summed E-state index contributed by atoms with van der Waals surface area (Å²) in [4.78, 5) is 4.34. The molecule has 1 heterocycles. The van der Waals surface area contributed by atoms with Gasteiger partial charge < -0.3 is 5.32 Å². The maximum atomic E-state index is 4.34. The van der Waals surface area contributed by atoms with E-state index in [0.29, 0.717) is 0 Å². The molecular formula is C14H22N2S. The van der Waals surface area contributed by atoms with Crippen molar-refractivity contribution in [3.8, 4) is 0 Å². The van der Waals surface area contributed by atoms with Crippen molar-refractivity contribution in [1.29, 1.82) is 0 Å². The average Bonchev–Trinajstić information content (AvgIpc) is 2.41. The minimum absolute atomic E-state index is 0.738. The van der Waals surface area contributed by atoms with Gasteiger partial charge in [-0.3, -0.25) is 4.98 Å². The zero-order valence-electron chi connectivity index (χ0n) is 10.6.